The number of benzene rings is 1. The first-order valence-corrected chi connectivity index (χ1v) is 8.69. The number of nitriles is 1. The van der Waals surface area contributed by atoms with Gasteiger partial charge in [-0.15, -0.1) is 0 Å². The van der Waals surface area contributed by atoms with Gasteiger partial charge in [0, 0.05) is 12.5 Å². The van der Waals surface area contributed by atoms with Gasteiger partial charge in [0.1, 0.15) is 6.07 Å². The molecule has 7 heteroatoms. The minimum absolute atomic E-state index is 0.0943. The molecule has 0 saturated carbocycles. The predicted molar refractivity (Wildman–Crippen MR) is 96.2 cm³/mol. The summed E-state index contributed by atoms with van der Waals surface area (Å²) < 4.78 is 1.76. The van der Waals surface area contributed by atoms with Crippen LogP contribution >= 0.6 is 0 Å². The molecule has 1 aliphatic heterocycles. The molecule has 0 saturated heterocycles. The summed E-state index contributed by atoms with van der Waals surface area (Å²) in [6.07, 6.45) is 0.735. The lowest BCUT2D eigenvalue weighted by Crippen LogP contribution is -2.38. The van der Waals surface area contributed by atoms with Crippen LogP contribution in [0, 0.1) is 17.2 Å². The summed E-state index contributed by atoms with van der Waals surface area (Å²) in [5.74, 6) is -0.356. The molecule has 0 bridgehead atoms. The summed E-state index contributed by atoms with van der Waals surface area (Å²) in [4.78, 5) is 26.9. The van der Waals surface area contributed by atoms with Gasteiger partial charge in [0.15, 0.2) is 5.69 Å². The normalized spacial score (nSPS) is 14.3. The molecular formula is C19H21N5O2. The standard InChI is InChI=1S/C19H21N5O2/c1-3-13(2)18(25)21-17-7-5-4-6-16(17)19(26)23-8-9-24-15(12-23)10-14(11-20)22-24/h4-7,10,13H,3,8-9,12H2,1-2H3,(H,21,25). The Kier molecular flexibility index (Phi) is 5.03. The molecule has 1 atom stereocenters. The highest BCUT2D eigenvalue weighted by molar-refractivity contribution is 6.04. The first kappa shape index (κ1) is 17.7. The van der Waals surface area contributed by atoms with Gasteiger partial charge in [-0.1, -0.05) is 26.0 Å². The number of fused-ring (bicyclic) bond motifs is 1. The molecule has 1 aromatic carbocycles. The maximum Gasteiger partial charge on any atom is 0.256 e. The Morgan fingerprint density at radius 1 is 1.35 bits per heavy atom. The van der Waals surface area contributed by atoms with Crippen molar-refractivity contribution in [3.05, 3.63) is 47.3 Å². The second-order valence-corrected chi connectivity index (χ2v) is 6.43. The summed E-state index contributed by atoms with van der Waals surface area (Å²) in [6.45, 7) is 5.25. The number of hydrogen-bond donors (Lipinski definition) is 1. The number of rotatable bonds is 4. The molecule has 2 heterocycles. The number of nitrogens with one attached hydrogen (secondary N) is 1. The Morgan fingerprint density at radius 2 is 2.12 bits per heavy atom. The molecule has 0 fully saturated rings. The van der Waals surface area contributed by atoms with Gasteiger partial charge in [-0.25, -0.2) is 0 Å². The van der Waals surface area contributed by atoms with Gasteiger partial charge < -0.3 is 10.2 Å². The van der Waals surface area contributed by atoms with Crippen molar-refractivity contribution in [2.75, 3.05) is 11.9 Å². The summed E-state index contributed by atoms with van der Waals surface area (Å²) in [5, 5.41) is 16.0. The average Bonchev–Trinajstić information content (AvgIpc) is 3.09. The lowest BCUT2D eigenvalue weighted by molar-refractivity contribution is -0.119. The molecule has 0 radical (unpaired) electrons. The Hall–Kier alpha value is -3.14. The van der Waals surface area contributed by atoms with E-state index in [0.717, 1.165) is 12.1 Å². The molecule has 134 valence electrons. The van der Waals surface area contributed by atoms with E-state index in [1.165, 1.54) is 0 Å². The lowest BCUT2D eigenvalue weighted by Gasteiger charge is -2.28. The second kappa shape index (κ2) is 7.40. The van der Waals surface area contributed by atoms with Crippen LogP contribution < -0.4 is 5.32 Å². The third-order valence-corrected chi connectivity index (χ3v) is 4.67. The number of aromatic nitrogens is 2. The van der Waals surface area contributed by atoms with E-state index in [1.54, 1.807) is 39.9 Å². The molecule has 2 amide bonds. The molecule has 0 aliphatic carbocycles. The Balaban J connectivity index is 1.80. The summed E-state index contributed by atoms with van der Waals surface area (Å²) in [6, 6.07) is 10.8. The Labute approximate surface area is 152 Å². The van der Waals surface area contributed by atoms with Gasteiger partial charge in [0.05, 0.1) is 30.0 Å². The molecule has 1 N–H and O–H groups in total. The van der Waals surface area contributed by atoms with Crippen LogP contribution in [0.4, 0.5) is 5.69 Å². The highest BCUT2D eigenvalue weighted by Crippen LogP contribution is 2.22. The van der Waals surface area contributed by atoms with Gasteiger partial charge in [0.25, 0.3) is 5.91 Å². The van der Waals surface area contributed by atoms with Crippen LogP contribution in [0.15, 0.2) is 30.3 Å². The zero-order chi connectivity index (χ0) is 18.7. The van der Waals surface area contributed by atoms with E-state index in [0.29, 0.717) is 36.6 Å². The largest absolute Gasteiger partial charge is 0.331 e. The van der Waals surface area contributed by atoms with E-state index in [9.17, 15) is 9.59 Å². The molecule has 1 aliphatic rings. The summed E-state index contributed by atoms with van der Waals surface area (Å²) in [5.41, 5.74) is 2.19. The van der Waals surface area contributed by atoms with Crippen molar-refractivity contribution in [2.45, 2.75) is 33.4 Å². The van der Waals surface area contributed by atoms with Crippen molar-refractivity contribution in [2.24, 2.45) is 5.92 Å². The fourth-order valence-corrected chi connectivity index (χ4v) is 2.88. The SMILES string of the molecule is CCC(C)C(=O)Nc1ccccc1C(=O)N1CCn2nc(C#N)cc2C1. The maximum absolute atomic E-state index is 13.0. The number of amides is 2. The Morgan fingerprint density at radius 3 is 2.85 bits per heavy atom. The zero-order valence-corrected chi connectivity index (χ0v) is 14.9. The van der Waals surface area contributed by atoms with E-state index in [2.05, 4.69) is 10.4 Å². The van der Waals surface area contributed by atoms with E-state index in [1.807, 2.05) is 19.9 Å². The molecule has 2 aromatic rings. The van der Waals surface area contributed by atoms with Crippen LogP contribution in [0.2, 0.25) is 0 Å². The molecule has 7 nitrogen and oxygen atoms in total. The number of nitrogens with zero attached hydrogens (tertiary/aromatic N) is 4. The van der Waals surface area contributed by atoms with E-state index in [-0.39, 0.29) is 17.7 Å². The van der Waals surface area contributed by atoms with Gasteiger partial charge in [-0.3, -0.25) is 14.3 Å². The predicted octanol–water partition coefficient (Wildman–Crippen LogP) is 2.40. The van der Waals surface area contributed by atoms with Crippen molar-refractivity contribution in [3.63, 3.8) is 0 Å². The molecule has 1 aromatic heterocycles. The average molecular weight is 351 g/mol. The third kappa shape index (κ3) is 3.45. The first-order valence-electron chi connectivity index (χ1n) is 8.69. The summed E-state index contributed by atoms with van der Waals surface area (Å²) >= 11 is 0. The van der Waals surface area contributed by atoms with Gasteiger partial charge >= 0.3 is 0 Å². The Bertz CT molecular complexity index is 880. The monoisotopic (exact) mass is 351 g/mol. The fraction of sp³-hybridized carbons (Fsp3) is 0.368. The van der Waals surface area contributed by atoms with E-state index < -0.39 is 0 Å². The van der Waals surface area contributed by atoms with Gasteiger partial charge in [0.2, 0.25) is 5.91 Å². The van der Waals surface area contributed by atoms with Crippen LogP contribution in [0.1, 0.15) is 42.0 Å². The minimum Gasteiger partial charge on any atom is -0.331 e. The maximum atomic E-state index is 13.0. The zero-order valence-electron chi connectivity index (χ0n) is 14.9. The van der Waals surface area contributed by atoms with Crippen LogP contribution in [0.25, 0.3) is 0 Å². The molecule has 0 spiro atoms. The van der Waals surface area contributed by atoms with Crippen molar-refractivity contribution >= 4 is 17.5 Å². The highest BCUT2D eigenvalue weighted by atomic mass is 16.2. The number of anilines is 1. The molecule has 26 heavy (non-hydrogen) atoms. The van der Waals surface area contributed by atoms with Crippen LogP contribution in [0.3, 0.4) is 0 Å². The molecule has 3 rings (SSSR count). The number of para-hydroxylation sites is 1. The lowest BCUT2D eigenvalue weighted by atomic mass is 10.1. The first-order chi connectivity index (χ1) is 12.5. The van der Waals surface area contributed by atoms with Crippen LogP contribution in [0.5, 0.6) is 0 Å². The third-order valence-electron chi connectivity index (χ3n) is 4.67. The van der Waals surface area contributed by atoms with Crippen molar-refractivity contribution in [3.8, 4) is 6.07 Å². The smallest absolute Gasteiger partial charge is 0.256 e. The van der Waals surface area contributed by atoms with E-state index >= 15 is 0 Å². The number of carbonyl (C=O) groups excluding carboxylic acids is 2. The van der Waals surface area contributed by atoms with E-state index in [4.69, 9.17) is 5.26 Å². The highest BCUT2D eigenvalue weighted by Gasteiger charge is 2.25. The number of hydrogen-bond acceptors (Lipinski definition) is 4. The fourth-order valence-electron chi connectivity index (χ4n) is 2.88. The molecule has 1 unspecified atom stereocenters. The van der Waals surface area contributed by atoms with Crippen molar-refractivity contribution in [1.82, 2.24) is 14.7 Å². The topological polar surface area (TPSA) is 91.0 Å². The van der Waals surface area contributed by atoms with Gasteiger partial charge in [-0.05, 0) is 24.6 Å². The summed E-state index contributed by atoms with van der Waals surface area (Å²) in [7, 11) is 0. The molecular weight excluding hydrogens is 330 g/mol. The minimum atomic E-state index is -0.143. The van der Waals surface area contributed by atoms with Crippen LogP contribution in [-0.4, -0.2) is 33.0 Å². The van der Waals surface area contributed by atoms with Gasteiger partial charge in [-0.2, -0.15) is 10.4 Å². The quantitative estimate of drug-likeness (QED) is 0.915. The second-order valence-electron chi connectivity index (χ2n) is 6.43. The number of carbonyl (C=O) groups is 2. The van der Waals surface area contributed by atoms with Crippen molar-refractivity contribution < 1.29 is 9.59 Å². The van der Waals surface area contributed by atoms with Crippen LogP contribution in [-0.2, 0) is 17.9 Å². The van der Waals surface area contributed by atoms with Crippen molar-refractivity contribution in [1.29, 1.82) is 5.26 Å².